The van der Waals surface area contributed by atoms with E-state index in [1.807, 2.05) is 18.2 Å². The quantitative estimate of drug-likeness (QED) is 0.657. The molecule has 0 aliphatic carbocycles. The second kappa shape index (κ2) is 4.57. The third kappa shape index (κ3) is 2.08. The van der Waals surface area contributed by atoms with Crippen LogP contribution >= 0.6 is 0 Å². The molecule has 0 radical (unpaired) electrons. The maximum atomic E-state index is 12.9. The number of hydrogen-bond acceptors (Lipinski definition) is 3. The molecule has 3 nitrogen and oxygen atoms in total. The second-order valence-corrected chi connectivity index (χ2v) is 4.07. The summed E-state index contributed by atoms with van der Waals surface area (Å²) < 4.78 is 12.9. The molecule has 0 aliphatic rings. The van der Waals surface area contributed by atoms with Crippen molar-refractivity contribution in [3.8, 4) is 11.4 Å². The fourth-order valence-electron chi connectivity index (χ4n) is 1.92. The van der Waals surface area contributed by atoms with Gasteiger partial charge < -0.3 is 0 Å². The molecule has 3 aromatic rings. The van der Waals surface area contributed by atoms with Crippen molar-refractivity contribution in [3.05, 3.63) is 60.0 Å². The van der Waals surface area contributed by atoms with Crippen molar-refractivity contribution >= 4 is 17.2 Å². The highest BCUT2D eigenvalue weighted by molar-refractivity contribution is 5.95. The number of carbonyl (C=O) groups excluding carboxylic acids is 1. The van der Waals surface area contributed by atoms with E-state index in [2.05, 4.69) is 9.97 Å². The minimum Gasteiger partial charge on any atom is -0.296 e. The second-order valence-electron chi connectivity index (χ2n) is 4.07. The van der Waals surface area contributed by atoms with E-state index in [-0.39, 0.29) is 5.82 Å². The Balaban J connectivity index is 2.24. The first-order valence-corrected chi connectivity index (χ1v) is 5.76. The molecule has 0 unspecified atom stereocenters. The summed E-state index contributed by atoms with van der Waals surface area (Å²) in [7, 11) is 0. The molecule has 0 saturated heterocycles. The number of carbonyl (C=O) groups is 1. The topological polar surface area (TPSA) is 42.9 Å². The van der Waals surface area contributed by atoms with Crippen LogP contribution in [0, 0.1) is 5.82 Å². The van der Waals surface area contributed by atoms with Crippen LogP contribution in [0.2, 0.25) is 0 Å². The number of aromatic nitrogens is 2. The predicted octanol–water partition coefficient (Wildman–Crippen LogP) is 3.25. The molecular weight excluding hydrogens is 243 g/mol. The fraction of sp³-hybridized carbons (Fsp3) is 0. The lowest BCUT2D eigenvalue weighted by molar-refractivity contribution is 0.112. The van der Waals surface area contributed by atoms with Crippen LogP contribution in [0.1, 0.15) is 10.5 Å². The van der Waals surface area contributed by atoms with E-state index >= 15 is 0 Å². The Morgan fingerprint density at radius 1 is 0.947 bits per heavy atom. The van der Waals surface area contributed by atoms with Crippen LogP contribution in [0.4, 0.5) is 4.39 Å². The average molecular weight is 252 g/mol. The van der Waals surface area contributed by atoms with Gasteiger partial charge in [0.15, 0.2) is 12.1 Å². The summed E-state index contributed by atoms with van der Waals surface area (Å²) in [5.74, 6) is 0.0981. The molecule has 1 aromatic heterocycles. The first kappa shape index (κ1) is 11.5. The summed E-state index contributed by atoms with van der Waals surface area (Å²) in [6.07, 6.45) is 0.705. The van der Waals surface area contributed by atoms with Gasteiger partial charge in [0.25, 0.3) is 0 Å². The highest BCUT2D eigenvalue weighted by atomic mass is 19.1. The van der Waals surface area contributed by atoms with Crippen molar-refractivity contribution in [3.63, 3.8) is 0 Å². The largest absolute Gasteiger partial charge is 0.296 e. The molecule has 4 heteroatoms. The Hall–Kier alpha value is -2.62. The molecule has 1 heterocycles. The zero-order valence-corrected chi connectivity index (χ0v) is 9.88. The summed E-state index contributed by atoms with van der Waals surface area (Å²) in [6, 6.07) is 13.2. The molecule has 2 aromatic carbocycles. The van der Waals surface area contributed by atoms with Crippen LogP contribution in [0.5, 0.6) is 0 Å². The molecule has 0 amide bonds. The van der Waals surface area contributed by atoms with E-state index in [9.17, 15) is 9.18 Å². The van der Waals surface area contributed by atoms with Gasteiger partial charge in [-0.25, -0.2) is 14.4 Å². The smallest absolute Gasteiger partial charge is 0.169 e. The number of fused-ring (bicyclic) bond motifs is 1. The number of nitrogens with zero attached hydrogens (tertiary/aromatic N) is 2. The number of hydrogen-bond donors (Lipinski definition) is 0. The molecule has 0 bridgehead atoms. The van der Waals surface area contributed by atoms with E-state index in [4.69, 9.17) is 0 Å². The minimum atomic E-state index is -0.319. The van der Waals surface area contributed by atoms with Crippen LogP contribution in [0.3, 0.4) is 0 Å². The number of para-hydroxylation sites is 1. The number of benzene rings is 2. The van der Waals surface area contributed by atoms with Crippen LogP contribution < -0.4 is 0 Å². The monoisotopic (exact) mass is 252 g/mol. The van der Waals surface area contributed by atoms with Crippen LogP contribution in [-0.2, 0) is 0 Å². The Morgan fingerprint density at radius 3 is 2.42 bits per heavy atom. The van der Waals surface area contributed by atoms with Gasteiger partial charge in [0, 0.05) is 10.9 Å². The molecule has 0 N–H and O–H groups in total. The SMILES string of the molecule is O=Cc1nc(-c2ccc(F)cc2)nc2ccccc12. The van der Waals surface area contributed by atoms with Gasteiger partial charge >= 0.3 is 0 Å². The molecule has 0 spiro atoms. The van der Waals surface area contributed by atoms with Gasteiger partial charge in [-0.2, -0.15) is 0 Å². The van der Waals surface area contributed by atoms with Crippen molar-refractivity contribution in [2.24, 2.45) is 0 Å². The maximum Gasteiger partial charge on any atom is 0.169 e. The number of rotatable bonds is 2. The zero-order valence-electron chi connectivity index (χ0n) is 9.88. The van der Waals surface area contributed by atoms with Gasteiger partial charge in [-0.3, -0.25) is 4.79 Å². The lowest BCUT2D eigenvalue weighted by Crippen LogP contribution is -1.96. The zero-order chi connectivity index (χ0) is 13.2. The summed E-state index contributed by atoms with van der Waals surface area (Å²) >= 11 is 0. The Bertz CT molecular complexity index is 754. The van der Waals surface area contributed by atoms with Crippen molar-refractivity contribution in [2.45, 2.75) is 0 Å². The molecule has 3 rings (SSSR count). The van der Waals surface area contributed by atoms with E-state index in [0.29, 0.717) is 34.3 Å². The number of halogens is 1. The highest BCUT2D eigenvalue weighted by Gasteiger charge is 2.08. The highest BCUT2D eigenvalue weighted by Crippen LogP contribution is 2.20. The maximum absolute atomic E-state index is 12.9. The first-order valence-electron chi connectivity index (χ1n) is 5.76. The van der Waals surface area contributed by atoms with Crippen LogP contribution in [0.15, 0.2) is 48.5 Å². The van der Waals surface area contributed by atoms with Gasteiger partial charge in [-0.05, 0) is 30.3 Å². The summed E-state index contributed by atoms with van der Waals surface area (Å²) in [6.45, 7) is 0. The van der Waals surface area contributed by atoms with Gasteiger partial charge in [-0.1, -0.05) is 18.2 Å². The molecule has 19 heavy (non-hydrogen) atoms. The molecular formula is C15H9FN2O. The first-order chi connectivity index (χ1) is 9.28. The summed E-state index contributed by atoms with van der Waals surface area (Å²) in [5, 5.41) is 0.711. The van der Waals surface area contributed by atoms with Crippen LogP contribution in [-0.4, -0.2) is 16.3 Å². The van der Waals surface area contributed by atoms with Crippen molar-refractivity contribution in [1.82, 2.24) is 9.97 Å². The lowest BCUT2D eigenvalue weighted by Gasteiger charge is -2.04. The van der Waals surface area contributed by atoms with E-state index in [0.717, 1.165) is 0 Å². The Morgan fingerprint density at radius 2 is 1.68 bits per heavy atom. The van der Waals surface area contributed by atoms with E-state index < -0.39 is 0 Å². The average Bonchev–Trinajstić information content (AvgIpc) is 2.47. The molecule has 0 atom stereocenters. The van der Waals surface area contributed by atoms with E-state index in [1.54, 1.807) is 18.2 Å². The normalized spacial score (nSPS) is 10.6. The third-order valence-corrected chi connectivity index (χ3v) is 2.85. The van der Waals surface area contributed by atoms with Gasteiger partial charge in [0.2, 0.25) is 0 Å². The van der Waals surface area contributed by atoms with Crippen molar-refractivity contribution in [1.29, 1.82) is 0 Å². The molecule has 0 saturated carbocycles. The summed E-state index contributed by atoms with van der Waals surface area (Å²) in [4.78, 5) is 19.7. The fourth-order valence-corrected chi connectivity index (χ4v) is 1.92. The van der Waals surface area contributed by atoms with Crippen molar-refractivity contribution in [2.75, 3.05) is 0 Å². The molecule has 0 aliphatic heterocycles. The van der Waals surface area contributed by atoms with Gasteiger partial charge in [-0.15, -0.1) is 0 Å². The van der Waals surface area contributed by atoms with Gasteiger partial charge in [0.1, 0.15) is 11.5 Å². The molecule has 92 valence electrons. The summed E-state index contributed by atoms with van der Waals surface area (Å²) in [5.41, 5.74) is 1.71. The Kier molecular flexibility index (Phi) is 2.76. The lowest BCUT2D eigenvalue weighted by atomic mass is 10.1. The number of aldehydes is 1. The third-order valence-electron chi connectivity index (χ3n) is 2.85. The van der Waals surface area contributed by atoms with E-state index in [1.165, 1.54) is 12.1 Å². The molecule has 0 fully saturated rings. The Labute approximate surface area is 108 Å². The van der Waals surface area contributed by atoms with Crippen LogP contribution in [0.25, 0.3) is 22.3 Å². The predicted molar refractivity (Wildman–Crippen MR) is 70.3 cm³/mol. The minimum absolute atomic E-state index is 0.319. The standard InChI is InChI=1S/C15H9FN2O/c16-11-7-5-10(6-8-11)15-17-13-4-2-1-3-12(13)14(9-19)18-15/h1-9H. The van der Waals surface area contributed by atoms with Gasteiger partial charge in [0.05, 0.1) is 5.52 Å². The van der Waals surface area contributed by atoms with Crippen molar-refractivity contribution < 1.29 is 9.18 Å².